The molecule has 106 valence electrons. The highest BCUT2D eigenvalue weighted by Gasteiger charge is 2.06. The highest BCUT2D eigenvalue weighted by molar-refractivity contribution is 5.75. The van der Waals surface area contributed by atoms with Crippen LogP contribution in [0.1, 0.15) is 23.7 Å². The van der Waals surface area contributed by atoms with Gasteiger partial charge in [-0.25, -0.2) is 4.39 Å². The number of hydrogen-bond acceptors (Lipinski definition) is 4. The number of nitrogens with one attached hydrogen (secondary N) is 1. The fourth-order valence-electron chi connectivity index (χ4n) is 1.75. The van der Waals surface area contributed by atoms with Crippen LogP contribution in [0.15, 0.2) is 28.8 Å². The van der Waals surface area contributed by atoms with E-state index in [0.29, 0.717) is 37.5 Å². The average Bonchev–Trinajstić information content (AvgIpc) is 2.85. The van der Waals surface area contributed by atoms with Gasteiger partial charge >= 0.3 is 0 Å². The molecule has 1 aromatic heterocycles. The Labute approximate surface area is 116 Å². The number of hydrogen-bond donors (Lipinski definition) is 1. The van der Waals surface area contributed by atoms with E-state index in [1.54, 1.807) is 19.1 Å². The van der Waals surface area contributed by atoms with E-state index in [4.69, 9.17) is 4.52 Å². The Morgan fingerprint density at radius 1 is 1.30 bits per heavy atom. The van der Waals surface area contributed by atoms with Gasteiger partial charge in [0.05, 0.1) is 0 Å². The highest BCUT2D eigenvalue weighted by Crippen LogP contribution is 2.03. The summed E-state index contributed by atoms with van der Waals surface area (Å²) in [5.41, 5.74) is 0.985. The fraction of sp³-hybridized carbons (Fsp3) is 0.357. The summed E-state index contributed by atoms with van der Waals surface area (Å²) < 4.78 is 17.6. The summed E-state index contributed by atoms with van der Waals surface area (Å²) in [7, 11) is 0. The standard InChI is InChI=1S/C14H16FN3O2/c1-10-17-14(20-18-10)7-6-13(19)16-9-8-11-2-4-12(15)5-3-11/h2-5H,6-9H2,1H3,(H,16,19). The zero-order valence-corrected chi connectivity index (χ0v) is 11.2. The molecule has 0 saturated carbocycles. The molecule has 1 N–H and O–H groups in total. The van der Waals surface area contributed by atoms with Crippen molar-refractivity contribution >= 4 is 5.91 Å². The molecule has 5 nitrogen and oxygen atoms in total. The molecular weight excluding hydrogens is 261 g/mol. The van der Waals surface area contributed by atoms with Crippen LogP contribution in [0.4, 0.5) is 4.39 Å². The van der Waals surface area contributed by atoms with Gasteiger partial charge in [-0.05, 0) is 31.0 Å². The molecule has 0 atom stereocenters. The van der Waals surface area contributed by atoms with E-state index in [1.807, 2.05) is 0 Å². The van der Waals surface area contributed by atoms with Gasteiger partial charge in [-0.15, -0.1) is 0 Å². The minimum atomic E-state index is -0.257. The molecule has 2 aromatic rings. The molecule has 20 heavy (non-hydrogen) atoms. The number of carbonyl (C=O) groups excluding carboxylic acids is 1. The zero-order valence-electron chi connectivity index (χ0n) is 11.2. The molecule has 0 aliphatic rings. The Kier molecular flexibility index (Phi) is 4.81. The summed E-state index contributed by atoms with van der Waals surface area (Å²) in [6.07, 6.45) is 1.42. The SMILES string of the molecule is Cc1noc(CCC(=O)NCCc2ccc(F)cc2)n1. The first-order valence-corrected chi connectivity index (χ1v) is 6.44. The molecule has 0 aliphatic carbocycles. The molecule has 0 saturated heterocycles. The highest BCUT2D eigenvalue weighted by atomic mass is 19.1. The third-order valence-corrected chi connectivity index (χ3v) is 2.78. The van der Waals surface area contributed by atoms with Crippen LogP contribution < -0.4 is 5.32 Å². The van der Waals surface area contributed by atoms with Crippen LogP contribution >= 0.6 is 0 Å². The summed E-state index contributed by atoms with van der Waals surface area (Å²) in [5, 5.41) is 6.46. The topological polar surface area (TPSA) is 68.0 Å². The molecule has 0 fully saturated rings. The molecule has 6 heteroatoms. The van der Waals surface area contributed by atoms with Crippen molar-refractivity contribution in [3.63, 3.8) is 0 Å². The minimum absolute atomic E-state index is 0.0667. The number of aryl methyl sites for hydroxylation is 2. The lowest BCUT2D eigenvalue weighted by Crippen LogP contribution is -2.25. The largest absolute Gasteiger partial charge is 0.356 e. The second kappa shape index (κ2) is 6.79. The van der Waals surface area contributed by atoms with Crippen LogP contribution in [0.3, 0.4) is 0 Å². The van der Waals surface area contributed by atoms with E-state index in [9.17, 15) is 9.18 Å². The molecule has 2 rings (SSSR count). The van der Waals surface area contributed by atoms with Crippen LogP contribution in [-0.2, 0) is 17.6 Å². The van der Waals surface area contributed by atoms with Gasteiger partial charge in [0.25, 0.3) is 0 Å². The Bertz CT molecular complexity index is 566. The Balaban J connectivity index is 1.66. The monoisotopic (exact) mass is 277 g/mol. The molecule has 0 spiro atoms. The lowest BCUT2D eigenvalue weighted by atomic mass is 10.1. The van der Waals surface area contributed by atoms with Crippen molar-refractivity contribution in [1.29, 1.82) is 0 Å². The Morgan fingerprint density at radius 3 is 2.70 bits per heavy atom. The van der Waals surface area contributed by atoms with Crippen LogP contribution in [0.25, 0.3) is 0 Å². The smallest absolute Gasteiger partial charge is 0.227 e. The molecule has 0 radical (unpaired) electrons. The molecule has 0 unspecified atom stereocenters. The van der Waals surface area contributed by atoms with E-state index < -0.39 is 0 Å². The van der Waals surface area contributed by atoms with Crippen LogP contribution in [0, 0.1) is 12.7 Å². The summed E-state index contributed by atoms with van der Waals surface area (Å²) in [6.45, 7) is 2.25. The van der Waals surface area contributed by atoms with Crippen LogP contribution in [-0.4, -0.2) is 22.6 Å². The summed E-state index contributed by atoms with van der Waals surface area (Å²) in [6, 6.07) is 6.25. The van der Waals surface area contributed by atoms with Gasteiger partial charge in [-0.3, -0.25) is 4.79 Å². The van der Waals surface area contributed by atoms with Gasteiger partial charge in [-0.1, -0.05) is 17.3 Å². The first kappa shape index (κ1) is 14.2. The number of halogens is 1. The fourth-order valence-corrected chi connectivity index (χ4v) is 1.75. The number of carbonyl (C=O) groups is 1. The maximum absolute atomic E-state index is 12.7. The zero-order chi connectivity index (χ0) is 14.4. The van der Waals surface area contributed by atoms with Crippen LogP contribution in [0.2, 0.25) is 0 Å². The van der Waals surface area contributed by atoms with Crippen molar-refractivity contribution in [3.05, 3.63) is 47.4 Å². The third kappa shape index (κ3) is 4.46. The quantitative estimate of drug-likeness (QED) is 0.874. The number of aromatic nitrogens is 2. The van der Waals surface area contributed by atoms with Crippen molar-refractivity contribution in [2.24, 2.45) is 0 Å². The maximum Gasteiger partial charge on any atom is 0.227 e. The predicted octanol–water partition coefficient (Wildman–Crippen LogP) is 1.81. The van der Waals surface area contributed by atoms with Gasteiger partial charge in [0.2, 0.25) is 11.8 Å². The van der Waals surface area contributed by atoms with E-state index in [2.05, 4.69) is 15.5 Å². The van der Waals surface area contributed by atoms with Crippen molar-refractivity contribution in [2.45, 2.75) is 26.2 Å². The first-order valence-electron chi connectivity index (χ1n) is 6.44. The number of amides is 1. The third-order valence-electron chi connectivity index (χ3n) is 2.78. The lowest BCUT2D eigenvalue weighted by molar-refractivity contribution is -0.121. The van der Waals surface area contributed by atoms with E-state index >= 15 is 0 Å². The van der Waals surface area contributed by atoms with Crippen molar-refractivity contribution < 1.29 is 13.7 Å². The molecule has 1 amide bonds. The van der Waals surface area contributed by atoms with Gasteiger partial charge < -0.3 is 9.84 Å². The molecule has 1 aromatic carbocycles. The maximum atomic E-state index is 12.7. The van der Waals surface area contributed by atoms with E-state index in [-0.39, 0.29) is 11.7 Å². The average molecular weight is 277 g/mol. The number of nitrogens with zero attached hydrogens (tertiary/aromatic N) is 2. The predicted molar refractivity (Wildman–Crippen MR) is 70.5 cm³/mol. The van der Waals surface area contributed by atoms with Crippen molar-refractivity contribution in [3.8, 4) is 0 Å². The number of benzene rings is 1. The Hall–Kier alpha value is -2.24. The molecule has 1 heterocycles. The van der Waals surface area contributed by atoms with Crippen molar-refractivity contribution in [2.75, 3.05) is 6.54 Å². The van der Waals surface area contributed by atoms with Gasteiger partial charge in [0.15, 0.2) is 5.82 Å². The lowest BCUT2D eigenvalue weighted by Gasteiger charge is -2.04. The van der Waals surface area contributed by atoms with Gasteiger partial charge in [0.1, 0.15) is 5.82 Å². The second-order valence-corrected chi connectivity index (χ2v) is 4.46. The van der Waals surface area contributed by atoms with E-state index in [1.165, 1.54) is 12.1 Å². The summed E-state index contributed by atoms with van der Waals surface area (Å²) in [4.78, 5) is 15.6. The van der Waals surface area contributed by atoms with Gasteiger partial charge in [0, 0.05) is 19.4 Å². The molecule has 0 aliphatic heterocycles. The summed E-state index contributed by atoms with van der Waals surface area (Å²) >= 11 is 0. The number of rotatable bonds is 6. The Morgan fingerprint density at radius 2 is 2.05 bits per heavy atom. The first-order chi connectivity index (χ1) is 9.63. The minimum Gasteiger partial charge on any atom is -0.356 e. The second-order valence-electron chi connectivity index (χ2n) is 4.46. The van der Waals surface area contributed by atoms with Crippen molar-refractivity contribution in [1.82, 2.24) is 15.5 Å². The van der Waals surface area contributed by atoms with Crippen LogP contribution in [0.5, 0.6) is 0 Å². The molecular formula is C14H16FN3O2. The molecule has 0 bridgehead atoms. The summed E-state index contributed by atoms with van der Waals surface area (Å²) in [5.74, 6) is 0.712. The van der Waals surface area contributed by atoms with Gasteiger partial charge in [-0.2, -0.15) is 4.98 Å². The van der Waals surface area contributed by atoms with E-state index in [0.717, 1.165) is 5.56 Å². The normalized spacial score (nSPS) is 10.5.